The first-order valence-corrected chi connectivity index (χ1v) is 6.58. The van der Waals surface area contributed by atoms with Crippen molar-refractivity contribution in [1.82, 2.24) is 4.98 Å². The van der Waals surface area contributed by atoms with Crippen LogP contribution in [-0.4, -0.2) is 22.1 Å². The Morgan fingerprint density at radius 1 is 1.30 bits per heavy atom. The fraction of sp³-hybridized carbons (Fsp3) is 0.357. The third-order valence-corrected chi connectivity index (χ3v) is 3.67. The summed E-state index contributed by atoms with van der Waals surface area (Å²) in [6.45, 7) is 0. The fourth-order valence-electron chi connectivity index (χ4n) is 2.67. The van der Waals surface area contributed by atoms with E-state index in [0.29, 0.717) is 11.1 Å². The monoisotopic (exact) mass is 273 g/mol. The quantitative estimate of drug-likeness (QED) is 0.684. The second-order valence-electron chi connectivity index (χ2n) is 5.07. The predicted octanol–water partition coefficient (Wildman–Crippen LogP) is 2.40. The van der Waals surface area contributed by atoms with Gasteiger partial charge in [0.1, 0.15) is 11.9 Å². The van der Waals surface area contributed by atoms with Crippen molar-refractivity contribution < 1.29 is 9.66 Å². The third kappa shape index (κ3) is 2.30. The number of rotatable bonds is 3. The van der Waals surface area contributed by atoms with Crippen LogP contribution in [0, 0.1) is 10.1 Å². The minimum Gasteiger partial charge on any atom is -0.490 e. The molecule has 2 N–H and O–H groups in total. The molecule has 2 atom stereocenters. The Morgan fingerprint density at radius 3 is 2.85 bits per heavy atom. The van der Waals surface area contributed by atoms with E-state index in [1.54, 1.807) is 18.3 Å². The van der Waals surface area contributed by atoms with Gasteiger partial charge in [0, 0.05) is 29.9 Å². The Labute approximate surface area is 115 Å². The van der Waals surface area contributed by atoms with Gasteiger partial charge in [0.15, 0.2) is 0 Å². The Balaban J connectivity index is 2.00. The van der Waals surface area contributed by atoms with E-state index in [1.807, 2.05) is 0 Å². The molecule has 1 aromatic heterocycles. The second-order valence-corrected chi connectivity index (χ2v) is 5.07. The van der Waals surface area contributed by atoms with Gasteiger partial charge in [0.2, 0.25) is 0 Å². The number of aromatic nitrogens is 1. The van der Waals surface area contributed by atoms with Crippen LogP contribution in [0.25, 0.3) is 10.8 Å². The van der Waals surface area contributed by atoms with Crippen molar-refractivity contribution in [2.45, 2.75) is 31.4 Å². The van der Waals surface area contributed by atoms with Crippen LogP contribution in [-0.2, 0) is 0 Å². The van der Waals surface area contributed by atoms with Crippen molar-refractivity contribution >= 4 is 16.5 Å². The van der Waals surface area contributed by atoms with Gasteiger partial charge in [-0.15, -0.1) is 0 Å². The van der Waals surface area contributed by atoms with Gasteiger partial charge >= 0.3 is 0 Å². The summed E-state index contributed by atoms with van der Waals surface area (Å²) in [5, 5.41) is 12.2. The van der Waals surface area contributed by atoms with Gasteiger partial charge < -0.3 is 10.5 Å². The second kappa shape index (κ2) is 5.05. The van der Waals surface area contributed by atoms with E-state index in [1.165, 1.54) is 12.3 Å². The summed E-state index contributed by atoms with van der Waals surface area (Å²) in [5.74, 6) is 0.659. The maximum atomic E-state index is 11.0. The van der Waals surface area contributed by atoms with Crippen molar-refractivity contribution in [2.24, 2.45) is 5.73 Å². The molecule has 6 heteroatoms. The summed E-state index contributed by atoms with van der Waals surface area (Å²) >= 11 is 0. The van der Waals surface area contributed by atoms with E-state index in [-0.39, 0.29) is 17.8 Å². The molecular formula is C14H15N3O3. The molecule has 6 nitrogen and oxygen atoms in total. The van der Waals surface area contributed by atoms with Crippen LogP contribution >= 0.6 is 0 Å². The SMILES string of the molecule is NC1CCC(Oc2ccc([N+](=O)[O-])c3cnccc23)C1. The largest absolute Gasteiger partial charge is 0.490 e. The van der Waals surface area contributed by atoms with Crippen LogP contribution in [0.4, 0.5) is 5.69 Å². The van der Waals surface area contributed by atoms with E-state index in [4.69, 9.17) is 10.5 Å². The first-order valence-electron chi connectivity index (χ1n) is 6.58. The van der Waals surface area contributed by atoms with Crippen LogP contribution < -0.4 is 10.5 Å². The zero-order chi connectivity index (χ0) is 14.1. The van der Waals surface area contributed by atoms with Crippen molar-refractivity contribution in [3.8, 4) is 5.75 Å². The minimum absolute atomic E-state index is 0.0450. The summed E-state index contributed by atoms with van der Waals surface area (Å²) in [7, 11) is 0. The molecule has 1 aliphatic rings. The Hall–Kier alpha value is -2.21. The number of pyridine rings is 1. The summed E-state index contributed by atoms with van der Waals surface area (Å²) in [5.41, 5.74) is 5.92. The third-order valence-electron chi connectivity index (χ3n) is 3.67. The number of non-ortho nitro benzene ring substituents is 1. The van der Waals surface area contributed by atoms with Crippen LogP contribution in [0.2, 0.25) is 0 Å². The molecule has 104 valence electrons. The molecule has 0 aliphatic heterocycles. The molecule has 0 bridgehead atoms. The number of nitro groups is 1. The Morgan fingerprint density at radius 2 is 2.15 bits per heavy atom. The molecule has 1 heterocycles. The highest BCUT2D eigenvalue weighted by molar-refractivity contribution is 5.94. The molecule has 0 saturated heterocycles. The van der Waals surface area contributed by atoms with Crippen molar-refractivity contribution in [1.29, 1.82) is 0 Å². The number of nitrogens with two attached hydrogens (primary N) is 1. The van der Waals surface area contributed by atoms with Crippen molar-refractivity contribution in [3.63, 3.8) is 0 Å². The average Bonchev–Trinajstić information content (AvgIpc) is 2.84. The number of nitrogens with zero attached hydrogens (tertiary/aromatic N) is 2. The zero-order valence-electron chi connectivity index (χ0n) is 10.9. The lowest BCUT2D eigenvalue weighted by atomic mass is 10.1. The molecule has 3 rings (SSSR count). The van der Waals surface area contributed by atoms with E-state index in [2.05, 4.69) is 4.98 Å². The van der Waals surface area contributed by atoms with Gasteiger partial charge in [-0.05, 0) is 31.4 Å². The molecule has 20 heavy (non-hydrogen) atoms. The van der Waals surface area contributed by atoms with E-state index >= 15 is 0 Å². The zero-order valence-corrected chi connectivity index (χ0v) is 10.9. The molecule has 1 saturated carbocycles. The minimum atomic E-state index is -0.403. The summed E-state index contributed by atoms with van der Waals surface area (Å²) in [6.07, 6.45) is 5.90. The first-order chi connectivity index (χ1) is 9.65. The molecular weight excluding hydrogens is 258 g/mol. The molecule has 2 aromatic rings. The fourth-order valence-corrected chi connectivity index (χ4v) is 2.67. The van der Waals surface area contributed by atoms with E-state index < -0.39 is 4.92 Å². The van der Waals surface area contributed by atoms with Gasteiger partial charge in [-0.3, -0.25) is 15.1 Å². The van der Waals surface area contributed by atoms with Crippen molar-refractivity contribution in [2.75, 3.05) is 0 Å². The number of hydrogen-bond acceptors (Lipinski definition) is 5. The highest BCUT2D eigenvalue weighted by Crippen LogP contribution is 2.34. The molecule has 0 amide bonds. The highest BCUT2D eigenvalue weighted by atomic mass is 16.6. The average molecular weight is 273 g/mol. The predicted molar refractivity (Wildman–Crippen MR) is 74.6 cm³/mol. The van der Waals surface area contributed by atoms with Crippen LogP contribution in [0.3, 0.4) is 0 Å². The maximum absolute atomic E-state index is 11.0. The number of benzene rings is 1. The van der Waals surface area contributed by atoms with Crippen molar-refractivity contribution in [3.05, 3.63) is 40.7 Å². The number of hydrogen-bond donors (Lipinski definition) is 1. The molecule has 0 spiro atoms. The smallest absolute Gasteiger partial charge is 0.279 e. The summed E-state index contributed by atoms with van der Waals surface area (Å²) in [4.78, 5) is 14.6. The van der Waals surface area contributed by atoms with Crippen LogP contribution in [0.15, 0.2) is 30.6 Å². The van der Waals surface area contributed by atoms with Gasteiger partial charge in [-0.25, -0.2) is 0 Å². The maximum Gasteiger partial charge on any atom is 0.279 e. The van der Waals surface area contributed by atoms with E-state index in [0.717, 1.165) is 24.6 Å². The normalized spacial score (nSPS) is 22.1. The summed E-state index contributed by atoms with van der Waals surface area (Å²) in [6, 6.07) is 5.05. The number of ether oxygens (including phenoxy) is 1. The van der Waals surface area contributed by atoms with Gasteiger partial charge in [0.05, 0.1) is 10.3 Å². The number of fused-ring (bicyclic) bond motifs is 1. The van der Waals surface area contributed by atoms with Gasteiger partial charge in [-0.1, -0.05) is 0 Å². The number of nitro benzene ring substituents is 1. The van der Waals surface area contributed by atoms with Crippen LogP contribution in [0.5, 0.6) is 5.75 Å². The lowest BCUT2D eigenvalue weighted by molar-refractivity contribution is -0.383. The van der Waals surface area contributed by atoms with Gasteiger partial charge in [0.25, 0.3) is 5.69 Å². The Kier molecular flexibility index (Phi) is 3.23. The lowest BCUT2D eigenvalue weighted by Gasteiger charge is -2.15. The van der Waals surface area contributed by atoms with Gasteiger partial charge in [-0.2, -0.15) is 0 Å². The topological polar surface area (TPSA) is 91.3 Å². The first kappa shape index (κ1) is 12.8. The highest BCUT2D eigenvalue weighted by Gasteiger charge is 2.24. The summed E-state index contributed by atoms with van der Waals surface area (Å²) < 4.78 is 5.96. The molecule has 2 unspecified atom stereocenters. The molecule has 1 aromatic carbocycles. The Bertz CT molecular complexity index is 659. The van der Waals surface area contributed by atoms with Crippen LogP contribution in [0.1, 0.15) is 19.3 Å². The standard InChI is InChI=1S/C14H15N3O3/c15-9-1-2-10(7-9)20-14-4-3-13(17(18)19)12-8-16-6-5-11(12)14/h3-6,8-10H,1-2,7,15H2. The molecule has 1 fully saturated rings. The van der Waals surface area contributed by atoms with E-state index in [9.17, 15) is 10.1 Å². The molecule has 0 radical (unpaired) electrons. The molecule has 1 aliphatic carbocycles. The lowest BCUT2D eigenvalue weighted by Crippen LogP contribution is -2.19.